The minimum atomic E-state index is -1.49. The summed E-state index contributed by atoms with van der Waals surface area (Å²) < 4.78 is 14.1. The summed E-state index contributed by atoms with van der Waals surface area (Å²) in [6, 6.07) is 0.179. The van der Waals surface area contributed by atoms with Crippen molar-refractivity contribution in [1.82, 2.24) is 15.1 Å². The summed E-state index contributed by atoms with van der Waals surface area (Å²) in [5, 5.41) is 15.0. The van der Waals surface area contributed by atoms with Gasteiger partial charge in [0.25, 0.3) is 0 Å². The molecule has 0 aliphatic rings. The monoisotopic (exact) mass is 271 g/mol. The number of aromatic nitrogens is 2. The van der Waals surface area contributed by atoms with E-state index in [0.717, 1.165) is 11.4 Å². The van der Waals surface area contributed by atoms with Crippen molar-refractivity contribution in [1.29, 1.82) is 0 Å². The minimum Gasteiger partial charge on any atom is -0.480 e. The highest BCUT2D eigenvalue weighted by Gasteiger charge is 2.21. The van der Waals surface area contributed by atoms with Crippen LogP contribution in [0.15, 0.2) is 6.07 Å². The van der Waals surface area contributed by atoms with Gasteiger partial charge in [0.15, 0.2) is 6.04 Å². The van der Waals surface area contributed by atoms with Crippen LogP contribution in [0.5, 0.6) is 0 Å². The summed E-state index contributed by atoms with van der Waals surface area (Å²) in [5.41, 5.74) is 1.76. The molecule has 0 fully saturated rings. The number of rotatable bonds is 6. The van der Waals surface area contributed by atoms with Gasteiger partial charge in [-0.1, -0.05) is 0 Å². The molecule has 0 spiro atoms. The molecule has 1 aromatic rings. The zero-order valence-corrected chi connectivity index (χ0v) is 11.2. The number of hydrogen-bond acceptors (Lipinski definition) is 3. The molecular formula is C12H18FN3O3. The third kappa shape index (κ3) is 4.04. The van der Waals surface area contributed by atoms with E-state index in [1.807, 2.05) is 19.9 Å². The second-order valence-electron chi connectivity index (χ2n) is 4.54. The molecule has 0 radical (unpaired) electrons. The van der Waals surface area contributed by atoms with E-state index in [-0.39, 0.29) is 12.5 Å². The lowest BCUT2D eigenvalue weighted by molar-refractivity contribution is -0.142. The van der Waals surface area contributed by atoms with Gasteiger partial charge in [-0.15, -0.1) is 0 Å². The van der Waals surface area contributed by atoms with Crippen LogP contribution in [0.25, 0.3) is 0 Å². The maximum atomic E-state index is 12.4. The van der Waals surface area contributed by atoms with Crippen LogP contribution < -0.4 is 5.32 Å². The molecule has 2 unspecified atom stereocenters. The zero-order chi connectivity index (χ0) is 14.6. The predicted octanol–water partition coefficient (Wildman–Crippen LogP) is 0.990. The maximum absolute atomic E-state index is 12.4. The van der Waals surface area contributed by atoms with Gasteiger partial charge in [0.2, 0.25) is 5.91 Å². The number of nitrogens with one attached hydrogen (secondary N) is 1. The molecule has 0 aliphatic heterocycles. The van der Waals surface area contributed by atoms with Crippen LogP contribution >= 0.6 is 0 Å². The fourth-order valence-corrected chi connectivity index (χ4v) is 1.87. The van der Waals surface area contributed by atoms with Gasteiger partial charge in [-0.25, -0.2) is 9.18 Å². The van der Waals surface area contributed by atoms with Crippen LogP contribution in [-0.4, -0.2) is 39.5 Å². The lowest BCUT2D eigenvalue weighted by Gasteiger charge is -2.16. The van der Waals surface area contributed by atoms with E-state index in [4.69, 9.17) is 5.11 Å². The van der Waals surface area contributed by atoms with Gasteiger partial charge in [-0.05, 0) is 26.8 Å². The maximum Gasteiger partial charge on any atom is 0.328 e. The van der Waals surface area contributed by atoms with Crippen molar-refractivity contribution in [2.24, 2.45) is 0 Å². The van der Waals surface area contributed by atoms with Crippen LogP contribution in [-0.2, 0) is 9.59 Å². The van der Waals surface area contributed by atoms with Crippen molar-refractivity contribution in [3.63, 3.8) is 0 Å². The number of amides is 1. The summed E-state index contributed by atoms with van der Waals surface area (Å²) in [6.45, 7) is 4.38. The van der Waals surface area contributed by atoms with Crippen molar-refractivity contribution in [3.05, 3.63) is 17.5 Å². The van der Waals surface area contributed by atoms with Gasteiger partial charge in [0.1, 0.15) is 6.67 Å². The van der Waals surface area contributed by atoms with Gasteiger partial charge < -0.3 is 10.4 Å². The molecule has 0 saturated heterocycles. The molecule has 1 rings (SSSR count). The summed E-state index contributed by atoms with van der Waals surface area (Å²) in [7, 11) is 0. The standard InChI is InChI=1S/C12H18FN3O3/c1-7-4-8(2)16(15-7)9(3)5-11(17)14-10(6-13)12(18)19/h4,9-10H,5-6H2,1-3H3,(H,14,17)(H,18,19). The molecule has 6 nitrogen and oxygen atoms in total. The van der Waals surface area contributed by atoms with Crippen molar-refractivity contribution in [2.45, 2.75) is 39.3 Å². The number of hydrogen-bond donors (Lipinski definition) is 2. The Balaban J connectivity index is 2.62. The topological polar surface area (TPSA) is 84.2 Å². The Morgan fingerprint density at radius 3 is 2.58 bits per heavy atom. The van der Waals surface area contributed by atoms with Crippen LogP contribution in [0.1, 0.15) is 30.8 Å². The highest BCUT2D eigenvalue weighted by Crippen LogP contribution is 2.14. The van der Waals surface area contributed by atoms with Crippen LogP contribution in [0, 0.1) is 13.8 Å². The number of alkyl halides is 1. The summed E-state index contributed by atoms with van der Waals surface area (Å²) in [6.07, 6.45) is 0.0474. The number of carboxylic acid groups (broad SMARTS) is 1. The highest BCUT2D eigenvalue weighted by atomic mass is 19.1. The van der Waals surface area contributed by atoms with Gasteiger partial charge in [-0.2, -0.15) is 5.10 Å². The van der Waals surface area contributed by atoms with E-state index >= 15 is 0 Å². The number of carbonyl (C=O) groups excluding carboxylic acids is 1. The lowest BCUT2D eigenvalue weighted by Crippen LogP contribution is -2.42. The van der Waals surface area contributed by atoms with Crippen molar-refractivity contribution < 1.29 is 19.1 Å². The molecule has 1 amide bonds. The Morgan fingerprint density at radius 2 is 2.16 bits per heavy atom. The predicted molar refractivity (Wildman–Crippen MR) is 66.6 cm³/mol. The van der Waals surface area contributed by atoms with Crippen LogP contribution in [0.2, 0.25) is 0 Å². The Morgan fingerprint density at radius 1 is 1.53 bits per heavy atom. The number of carbonyl (C=O) groups is 2. The number of halogens is 1. The Hall–Kier alpha value is -1.92. The van der Waals surface area contributed by atoms with E-state index in [1.165, 1.54) is 0 Å². The Kier molecular flexibility index (Phi) is 5.02. The van der Waals surface area contributed by atoms with E-state index in [0.29, 0.717) is 0 Å². The van der Waals surface area contributed by atoms with E-state index in [9.17, 15) is 14.0 Å². The fourth-order valence-electron chi connectivity index (χ4n) is 1.87. The Labute approximate surface area is 110 Å². The van der Waals surface area contributed by atoms with Crippen molar-refractivity contribution in [2.75, 3.05) is 6.67 Å². The molecule has 7 heteroatoms. The van der Waals surface area contributed by atoms with Crippen molar-refractivity contribution in [3.8, 4) is 0 Å². The SMILES string of the molecule is Cc1cc(C)n(C(C)CC(=O)NC(CF)C(=O)O)n1. The Bertz CT molecular complexity index is 473. The third-order valence-corrected chi connectivity index (χ3v) is 2.73. The number of aliphatic carboxylic acids is 1. The number of aryl methyl sites for hydroxylation is 2. The minimum absolute atomic E-state index is 0.0474. The van der Waals surface area contributed by atoms with Gasteiger partial charge in [0, 0.05) is 12.1 Å². The summed E-state index contributed by atoms with van der Waals surface area (Å²) >= 11 is 0. The first-order chi connectivity index (χ1) is 8.85. The summed E-state index contributed by atoms with van der Waals surface area (Å²) in [5.74, 6) is -1.89. The molecule has 2 N–H and O–H groups in total. The highest BCUT2D eigenvalue weighted by molar-refractivity contribution is 5.83. The normalized spacial score (nSPS) is 13.9. The number of nitrogens with zero attached hydrogens (tertiary/aromatic N) is 2. The fraction of sp³-hybridized carbons (Fsp3) is 0.583. The average molecular weight is 271 g/mol. The molecule has 106 valence electrons. The lowest BCUT2D eigenvalue weighted by atomic mass is 10.2. The summed E-state index contributed by atoms with van der Waals surface area (Å²) in [4.78, 5) is 22.2. The largest absolute Gasteiger partial charge is 0.480 e. The van der Waals surface area contributed by atoms with Crippen LogP contribution in [0.3, 0.4) is 0 Å². The van der Waals surface area contributed by atoms with Gasteiger partial charge >= 0.3 is 5.97 Å². The molecule has 2 atom stereocenters. The van der Waals surface area contributed by atoms with Gasteiger partial charge in [0.05, 0.1) is 11.7 Å². The second kappa shape index (κ2) is 6.31. The first kappa shape index (κ1) is 15.1. The zero-order valence-electron chi connectivity index (χ0n) is 11.2. The molecule has 0 saturated carbocycles. The van der Waals surface area contributed by atoms with E-state index in [1.54, 1.807) is 11.6 Å². The van der Waals surface area contributed by atoms with E-state index in [2.05, 4.69) is 10.4 Å². The number of carboxylic acids is 1. The van der Waals surface area contributed by atoms with Crippen LogP contribution in [0.4, 0.5) is 4.39 Å². The molecule has 1 heterocycles. The molecule has 1 aromatic heterocycles. The average Bonchev–Trinajstić information content (AvgIpc) is 2.65. The molecular weight excluding hydrogens is 253 g/mol. The van der Waals surface area contributed by atoms with Gasteiger partial charge in [-0.3, -0.25) is 9.48 Å². The second-order valence-corrected chi connectivity index (χ2v) is 4.54. The smallest absolute Gasteiger partial charge is 0.328 e. The molecule has 0 aromatic carbocycles. The molecule has 0 aliphatic carbocycles. The first-order valence-electron chi connectivity index (χ1n) is 5.96. The first-order valence-corrected chi connectivity index (χ1v) is 5.96. The van der Waals surface area contributed by atoms with E-state index < -0.39 is 24.6 Å². The van der Waals surface area contributed by atoms with Crippen molar-refractivity contribution >= 4 is 11.9 Å². The molecule has 19 heavy (non-hydrogen) atoms. The third-order valence-electron chi connectivity index (χ3n) is 2.73. The molecule has 0 bridgehead atoms. The quantitative estimate of drug-likeness (QED) is 0.808.